The predicted octanol–water partition coefficient (Wildman–Crippen LogP) is 3.00. The molecule has 2 aromatic rings. The number of anilines is 2. The number of amides is 3. The SMILES string of the molecule is COc1ccc(N2C(=O)SC(CC(=O)Nc3ccc(C(=O)O)cc3)C2=O)c(OC)c1. The number of nitrogens with zero attached hydrogens (tertiary/aromatic N) is 1. The van der Waals surface area contributed by atoms with Crippen molar-refractivity contribution < 1.29 is 33.8 Å². The lowest BCUT2D eigenvalue weighted by Crippen LogP contribution is -2.33. The van der Waals surface area contributed by atoms with E-state index >= 15 is 0 Å². The van der Waals surface area contributed by atoms with E-state index in [0.717, 1.165) is 16.7 Å². The van der Waals surface area contributed by atoms with Gasteiger partial charge in [-0.25, -0.2) is 9.69 Å². The number of ether oxygens (including phenoxy) is 2. The topological polar surface area (TPSA) is 122 Å². The summed E-state index contributed by atoms with van der Waals surface area (Å²) >= 11 is 0.763. The molecule has 0 bridgehead atoms. The van der Waals surface area contributed by atoms with E-state index in [-0.39, 0.29) is 17.7 Å². The van der Waals surface area contributed by atoms with Gasteiger partial charge in [-0.1, -0.05) is 0 Å². The molecule has 3 amide bonds. The normalized spacial score (nSPS) is 15.8. The van der Waals surface area contributed by atoms with Crippen LogP contribution in [0.25, 0.3) is 0 Å². The summed E-state index contributed by atoms with van der Waals surface area (Å²) in [7, 11) is 2.90. The summed E-state index contributed by atoms with van der Waals surface area (Å²) in [5.74, 6) is -1.27. The Morgan fingerprint density at radius 1 is 1.10 bits per heavy atom. The zero-order chi connectivity index (χ0) is 21.8. The Morgan fingerprint density at radius 2 is 1.80 bits per heavy atom. The maximum Gasteiger partial charge on any atom is 0.335 e. The molecule has 2 aromatic carbocycles. The van der Waals surface area contributed by atoms with E-state index in [1.165, 1.54) is 38.5 Å². The van der Waals surface area contributed by atoms with E-state index in [1.807, 2.05) is 0 Å². The van der Waals surface area contributed by atoms with Crippen molar-refractivity contribution in [2.45, 2.75) is 11.7 Å². The second kappa shape index (κ2) is 8.87. The molecule has 9 nitrogen and oxygen atoms in total. The van der Waals surface area contributed by atoms with Crippen LogP contribution in [0.2, 0.25) is 0 Å². The maximum absolute atomic E-state index is 12.8. The average molecular weight is 430 g/mol. The number of imide groups is 1. The van der Waals surface area contributed by atoms with Crippen LogP contribution in [0.1, 0.15) is 16.8 Å². The summed E-state index contributed by atoms with van der Waals surface area (Å²) in [5.41, 5.74) is 0.748. The monoisotopic (exact) mass is 430 g/mol. The third-order valence-corrected chi connectivity index (χ3v) is 5.37. The van der Waals surface area contributed by atoms with Gasteiger partial charge in [0.1, 0.15) is 16.7 Å². The minimum absolute atomic E-state index is 0.0872. The van der Waals surface area contributed by atoms with E-state index in [4.69, 9.17) is 14.6 Å². The second-order valence-electron chi connectivity index (χ2n) is 6.22. The van der Waals surface area contributed by atoms with Crippen LogP contribution in [-0.2, 0) is 9.59 Å². The first kappa shape index (κ1) is 21.2. The molecule has 1 aliphatic heterocycles. The standard InChI is InChI=1S/C20H18N2O7S/c1-28-13-7-8-14(15(9-13)29-2)22-18(24)16(30-20(22)27)10-17(23)21-12-5-3-11(4-6-12)19(25)26/h3-9,16H,10H2,1-2H3,(H,21,23)(H,25,26). The van der Waals surface area contributed by atoms with E-state index in [2.05, 4.69) is 5.32 Å². The van der Waals surface area contributed by atoms with E-state index in [9.17, 15) is 19.2 Å². The molecule has 0 aliphatic carbocycles. The lowest BCUT2D eigenvalue weighted by atomic mass is 10.2. The zero-order valence-electron chi connectivity index (χ0n) is 16.1. The smallest absolute Gasteiger partial charge is 0.335 e. The molecule has 10 heteroatoms. The molecule has 0 spiro atoms. The molecule has 0 radical (unpaired) electrons. The van der Waals surface area contributed by atoms with Gasteiger partial charge in [-0.3, -0.25) is 14.4 Å². The van der Waals surface area contributed by atoms with Crippen LogP contribution < -0.4 is 19.7 Å². The third kappa shape index (κ3) is 4.38. The minimum Gasteiger partial charge on any atom is -0.497 e. The van der Waals surface area contributed by atoms with Crippen LogP contribution in [0, 0.1) is 0 Å². The Morgan fingerprint density at radius 3 is 2.40 bits per heavy atom. The lowest BCUT2D eigenvalue weighted by molar-refractivity contribution is -0.121. The molecule has 1 aliphatic rings. The van der Waals surface area contributed by atoms with Gasteiger partial charge in [0, 0.05) is 18.2 Å². The molecule has 3 rings (SSSR count). The van der Waals surface area contributed by atoms with Gasteiger partial charge in [0.05, 0.1) is 25.5 Å². The quantitative estimate of drug-likeness (QED) is 0.687. The largest absolute Gasteiger partial charge is 0.497 e. The summed E-state index contributed by atoms with van der Waals surface area (Å²) in [6.07, 6.45) is -0.217. The molecule has 156 valence electrons. The maximum atomic E-state index is 12.8. The van der Waals surface area contributed by atoms with E-state index in [1.54, 1.807) is 18.2 Å². The molecule has 0 saturated carbocycles. The number of rotatable bonds is 7. The number of carbonyl (C=O) groups is 4. The number of aromatic carboxylic acids is 1. The Hall–Kier alpha value is -3.53. The zero-order valence-corrected chi connectivity index (χ0v) is 16.9. The number of thioether (sulfide) groups is 1. The van der Waals surface area contributed by atoms with Gasteiger partial charge in [-0.2, -0.15) is 0 Å². The first-order valence-corrected chi connectivity index (χ1v) is 9.62. The molecule has 1 unspecified atom stereocenters. The van der Waals surface area contributed by atoms with Crippen molar-refractivity contribution in [3.63, 3.8) is 0 Å². The Bertz CT molecular complexity index is 1010. The molecule has 1 saturated heterocycles. The van der Waals surface area contributed by atoms with Crippen LogP contribution in [0.3, 0.4) is 0 Å². The minimum atomic E-state index is -1.08. The predicted molar refractivity (Wildman–Crippen MR) is 110 cm³/mol. The highest BCUT2D eigenvalue weighted by Gasteiger charge is 2.42. The van der Waals surface area contributed by atoms with Gasteiger partial charge in [0.15, 0.2) is 0 Å². The van der Waals surface area contributed by atoms with Gasteiger partial charge in [-0.05, 0) is 48.2 Å². The van der Waals surface area contributed by atoms with Crippen molar-refractivity contribution in [2.75, 3.05) is 24.4 Å². The highest BCUT2D eigenvalue weighted by molar-refractivity contribution is 8.15. The van der Waals surface area contributed by atoms with Crippen molar-refractivity contribution in [3.8, 4) is 11.5 Å². The summed E-state index contributed by atoms with van der Waals surface area (Å²) in [4.78, 5) is 49.4. The molecular weight excluding hydrogens is 412 g/mol. The number of carboxylic acid groups (broad SMARTS) is 1. The van der Waals surface area contributed by atoms with Crippen LogP contribution in [-0.4, -0.2) is 47.6 Å². The summed E-state index contributed by atoms with van der Waals surface area (Å²) in [6.45, 7) is 0. The van der Waals surface area contributed by atoms with Gasteiger partial charge >= 0.3 is 5.97 Å². The molecule has 1 heterocycles. The van der Waals surface area contributed by atoms with Gasteiger partial charge < -0.3 is 19.9 Å². The Kier molecular flexibility index (Phi) is 6.26. The van der Waals surface area contributed by atoms with Crippen molar-refractivity contribution >= 4 is 46.2 Å². The number of hydrogen-bond acceptors (Lipinski definition) is 7. The fraction of sp³-hybridized carbons (Fsp3) is 0.200. The highest BCUT2D eigenvalue weighted by Crippen LogP contribution is 2.39. The fourth-order valence-corrected chi connectivity index (χ4v) is 3.83. The summed E-state index contributed by atoms with van der Waals surface area (Å²) in [6, 6.07) is 10.3. The molecule has 30 heavy (non-hydrogen) atoms. The first-order valence-electron chi connectivity index (χ1n) is 8.74. The van der Waals surface area contributed by atoms with Crippen LogP contribution in [0.4, 0.5) is 16.2 Å². The summed E-state index contributed by atoms with van der Waals surface area (Å²) in [5, 5.41) is 10.1. The number of benzene rings is 2. The van der Waals surface area contributed by atoms with E-state index < -0.39 is 28.3 Å². The van der Waals surface area contributed by atoms with Crippen LogP contribution in [0.15, 0.2) is 42.5 Å². The van der Waals surface area contributed by atoms with E-state index in [0.29, 0.717) is 17.2 Å². The average Bonchev–Trinajstić information content (AvgIpc) is 3.00. The molecule has 2 N–H and O–H groups in total. The van der Waals surface area contributed by atoms with Crippen molar-refractivity contribution in [2.24, 2.45) is 0 Å². The first-order chi connectivity index (χ1) is 14.3. The van der Waals surface area contributed by atoms with Crippen LogP contribution >= 0.6 is 11.8 Å². The number of hydrogen-bond donors (Lipinski definition) is 2. The second-order valence-corrected chi connectivity index (χ2v) is 7.37. The van der Waals surface area contributed by atoms with Gasteiger partial charge in [-0.15, -0.1) is 0 Å². The number of carboxylic acids is 1. The van der Waals surface area contributed by atoms with Crippen molar-refractivity contribution in [1.29, 1.82) is 0 Å². The van der Waals surface area contributed by atoms with Gasteiger partial charge in [0.25, 0.3) is 5.24 Å². The summed E-state index contributed by atoms with van der Waals surface area (Å²) < 4.78 is 10.4. The Labute approximate surface area is 176 Å². The Balaban J connectivity index is 1.70. The molecule has 1 atom stereocenters. The lowest BCUT2D eigenvalue weighted by Gasteiger charge is -2.18. The number of methoxy groups -OCH3 is 2. The van der Waals surface area contributed by atoms with Crippen LogP contribution in [0.5, 0.6) is 11.5 Å². The highest BCUT2D eigenvalue weighted by atomic mass is 32.2. The van der Waals surface area contributed by atoms with Gasteiger partial charge in [0.2, 0.25) is 11.8 Å². The fourth-order valence-electron chi connectivity index (χ4n) is 2.85. The molecule has 1 fully saturated rings. The number of carbonyl (C=O) groups excluding carboxylic acids is 3. The van der Waals surface area contributed by atoms with Crippen molar-refractivity contribution in [3.05, 3.63) is 48.0 Å². The molecular formula is C20H18N2O7S. The molecule has 0 aromatic heterocycles. The van der Waals surface area contributed by atoms with Crippen molar-refractivity contribution in [1.82, 2.24) is 0 Å². The third-order valence-electron chi connectivity index (χ3n) is 4.34. The number of nitrogens with one attached hydrogen (secondary N) is 1.